The van der Waals surface area contributed by atoms with E-state index >= 15 is 0 Å². The molecule has 0 aliphatic heterocycles. The van der Waals surface area contributed by atoms with Crippen LogP contribution in [0.2, 0.25) is 0 Å². The number of hydrogen-bond acceptors (Lipinski definition) is 2. The third kappa shape index (κ3) is 3.30. The quantitative estimate of drug-likeness (QED) is 0.557. The van der Waals surface area contributed by atoms with Crippen LogP contribution in [0.4, 0.5) is 23.2 Å². The van der Waals surface area contributed by atoms with Gasteiger partial charge < -0.3 is 5.32 Å². The molecule has 26 heavy (non-hydrogen) atoms. The molecule has 0 saturated heterocycles. The Morgan fingerprint density at radius 1 is 1.08 bits per heavy atom. The van der Waals surface area contributed by atoms with Gasteiger partial charge in [0.1, 0.15) is 18.2 Å². The van der Waals surface area contributed by atoms with Gasteiger partial charge in [-0.25, -0.2) is 17.6 Å². The number of alkyl halides is 1. The molecule has 0 fully saturated rings. The molecule has 0 aliphatic carbocycles. The van der Waals surface area contributed by atoms with E-state index in [1.165, 1.54) is 23.0 Å². The minimum Gasteiger partial charge on any atom is -0.321 e. The zero-order valence-electron chi connectivity index (χ0n) is 13.6. The number of para-hydroxylation sites is 1. The summed E-state index contributed by atoms with van der Waals surface area (Å²) in [6.45, 7) is -0.928. The first-order valence-electron chi connectivity index (χ1n) is 7.54. The first-order chi connectivity index (χ1) is 12.4. The second kappa shape index (κ2) is 6.99. The van der Waals surface area contributed by atoms with Crippen LogP contribution in [0.15, 0.2) is 42.6 Å². The SMILES string of the molecule is Cn1cc(C(=O)Nc2ccccc2-c2cc(F)c(F)cc2F)c(CF)n1. The molecule has 0 atom stereocenters. The predicted molar refractivity (Wildman–Crippen MR) is 87.7 cm³/mol. The average molecular weight is 363 g/mol. The maximum Gasteiger partial charge on any atom is 0.259 e. The van der Waals surface area contributed by atoms with Crippen LogP contribution in [0, 0.1) is 17.5 Å². The molecule has 134 valence electrons. The second-order valence-corrected chi connectivity index (χ2v) is 5.54. The zero-order chi connectivity index (χ0) is 18.8. The molecule has 0 unspecified atom stereocenters. The van der Waals surface area contributed by atoms with Crippen molar-refractivity contribution in [3.63, 3.8) is 0 Å². The topological polar surface area (TPSA) is 46.9 Å². The van der Waals surface area contributed by atoms with Gasteiger partial charge in [-0.05, 0) is 12.1 Å². The fourth-order valence-electron chi connectivity index (χ4n) is 2.57. The minimum atomic E-state index is -1.31. The monoisotopic (exact) mass is 363 g/mol. The Morgan fingerprint density at radius 2 is 1.77 bits per heavy atom. The van der Waals surface area contributed by atoms with Gasteiger partial charge in [-0.2, -0.15) is 5.10 Å². The Morgan fingerprint density at radius 3 is 2.50 bits per heavy atom. The van der Waals surface area contributed by atoms with Crippen LogP contribution >= 0.6 is 0 Å². The lowest BCUT2D eigenvalue weighted by Crippen LogP contribution is -2.14. The molecule has 3 aromatic rings. The fraction of sp³-hybridized carbons (Fsp3) is 0.111. The number of hydrogen-bond donors (Lipinski definition) is 1. The van der Waals surface area contributed by atoms with Crippen LogP contribution in [-0.2, 0) is 13.7 Å². The lowest BCUT2D eigenvalue weighted by molar-refractivity contribution is 0.102. The molecule has 0 saturated carbocycles. The van der Waals surface area contributed by atoms with Crippen molar-refractivity contribution in [3.8, 4) is 11.1 Å². The molecule has 0 spiro atoms. The molecule has 0 radical (unpaired) electrons. The number of benzene rings is 2. The van der Waals surface area contributed by atoms with Gasteiger partial charge in [-0.3, -0.25) is 9.48 Å². The Labute approximate surface area is 146 Å². The summed E-state index contributed by atoms with van der Waals surface area (Å²) in [5.74, 6) is -4.15. The Kier molecular flexibility index (Phi) is 4.75. The Balaban J connectivity index is 2.00. The van der Waals surface area contributed by atoms with Crippen LogP contribution < -0.4 is 5.32 Å². The highest BCUT2D eigenvalue weighted by Crippen LogP contribution is 2.31. The second-order valence-electron chi connectivity index (χ2n) is 5.54. The van der Waals surface area contributed by atoms with Gasteiger partial charge in [0, 0.05) is 36.1 Å². The number of aryl methyl sites for hydroxylation is 1. The molecule has 2 aromatic carbocycles. The van der Waals surface area contributed by atoms with E-state index in [2.05, 4.69) is 10.4 Å². The number of halogens is 4. The molecule has 0 bridgehead atoms. The number of amides is 1. The zero-order valence-corrected chi connectivity index (χ0v) is 13.6. The van der Waals surface area contributed by atoms with Gasteiger partial charge in [0.15, 0.2) is 11.6 Å². The number of carbonyl (C=O) groups is 1. The highest BCUT2D eigenvalue weighted by molar-refractivity contribution is 6.06. The van der Waals surface area contributed by atoms with E-state index in [-0.39, 0.29) is 28.1 Å². The number of carbonyl (C=O) groups excluding carboxylic acids is 1. The summed E-state index contributed by atoms with van der Waals surface area (Å²) in [4.78, 5) is 12.4. The van der Waals surface area contributed by atoms with Gasteiger partial charge in [-0.1, -0.05) is 18.2 Å². The fourth-order valence-corrected chi connectivity index (χ4v) is 2.57. The molecule has 1 N–H and O–H groups in total. The van der Waals surface area contributed by atoms with E-state index in [1.807, 2.05) is 0 Å². The van der Waals surface area contributed by atoms with Crippen molar-refractivity contribution < 1.29 is 22.4 Å². The van der Waals surface area contributed by atoms with E-state index in [9.17, 15) is 22.4 Å². The maximum absolute atomic E-state index is 14.1. The lowest BCUT2D eigenvalue weighted by Gasteiger charge is -2.12. The first kappa shape index (κ1) is 17.7. The van der Waals surface area contributed by atoms with Gasteiger partial charge in [-0.15, -0.1) is 0 Å². The molecule has 1 aromatic heterocycles. The van der Waals surface area contributed by atoms with E-state index in [1.54, 1.807) is 19.2 Å². The third-order valence-electron chi connectivity index (χ3n) is 3.75. The molecule has 1 amide bonds. The van der Waals surface area contributed by atoms with E-state index < -0.39 is 30.0 Å². The van der Waals surface area contributed by atoms with Crippen molar-refractivity contribution in [2.45, 2.75) is 6.67 Å². The predicted octanol–water partition coefficient (Wildman–Crippen LogP) is 4.23. The highest BCUT2D eigenvalue weighted by atomic mass is 19.2. The van der Waals surface area contributed by atoms with Crippen molar-refractivity contribution in [2.24, 2.45) is 7.05 Å². The van der Waals surface area contributed by atoms with Gasteiger partial charge >= 0.3 is 0 Å². The Bertz CT molecular complexity index is 985. The summed E-state index contributed by atoms with van der Waals surface area (Å²) in [5, 5.41) is 6.37. The van der Waals surface area contributed by atoms with Crippen molar-refractivity contribution in [2.75, 3.05) is 5.32 Å². The normalized spacial score (nSPS) is 10.8. The molecule has 8 heteroatoms. The van der Waals surface area contributed by atoms with Crippen LogP contribution in [0.5, 0.6) is 0 Å². The molecular weight excluding hydrogens is 350 g/mol. The van der Waals surface area contributed by atoms with Crippen molar-refractivity contribution >= 4 is 11.6 Å². The standard InChI is InChI=1S/C18H13F4N3O/c1-25-9-12(17(8-19)24-25)18(26)23-16-5-3-2-4-10(16)11-6-14(21)15(22)7-13(11)20/h2-7,9H,8H2,1H3,(H,23,26). The van der Waals surface area contributed by atoms with Gasteiger partial charge in [0.2, 0.25) is 0 Å². The van der Waals surface area contributed by atoms with Crippen molar-refractivity contribution in [3.05, 3.63) is 71.3 Å². The largest absolute Gasteiger partial charge is 0.321 e. The summed E-state index contributed by atoms with van der Waals surface area (Å²) in [6, 6.07) is 7.21. The van der Waals surface area contributed by atoms with E-state index in [0.29, 0.717) is 12.1 Å². The maximum atomic E-state index is 14.1. The highest BCUT2D eigenvalue weighted by Gasteiger charge is 2.19. The number of aromatic nitrogens is 2. The molecule has 4 nitrogen and oxygen atoms in total. The molecule has 3 rings (SSSR count). The third-order valence-corrected chi connectivity index (χ3v) is 3.75. The molecular formula is C18H13F4N3O. The van der Waals surface area contributed by atoms with E-state index in [4.69, 9.17) is 0 Å². The van der Waals surface area contributed by atoms with Crippen LogP contribution in [0.1, 0.15) is 16.1 Å². The summed E-state index contributed by atoms with van der Waals surface area (Å²) in [6.07, 6.45) is 1.35. The minimum absolute atomic E-state index is 0.0237. The molecule has 0 aliphatic rings. The van der Waals surface area contributed by atoms with Crippen LogP contribution in [0.3, 0.4) is 0 Å². The average Bonchev–Trinajstić information content (AvgIpc) is 3.00. The van der Waals surface area contributed by atoms with Crippen LogP contribution in [0.25, 0.3) is 11.1 Å². The summed E-state index contributed by atoms with van der Waals surface area (Å²) in [5.41, 5.74) is 0.0905. The number of nitrogens with zero attached hydrogens (tertiary/aromatic N) is 2. The summed E-state index contributed by atoms with van der Waals surface area (Å²) >= 11 is 0. The lowest BCUT2D eigenvalue weighted by atomic mass is 10.0. The number of anilines is 1. The number of rotatable bonds is 4. The van der Waals surface area contributed by atoms with Crippen molar-refractivity contribution in [1.29, 1.82) is 0 Å². The summed E-state index contributed by atoms with van der Waals surface area (Å²) in [7, 11) is 1.54. The van der Waals surface area contributed by atoms with Gasteiger partial charge in [0.25, 0.3) is 5.91 Å². The number of nitrogens with one attached hydrogen (secondary N) is 1. The summed E-state index contributed by atoms with van der Waals surface area (Å²) < 4.78 is 55.1. The van der Waals surface area contributed by atoms with Gasteiger partial charge in [0.05, 0.1) is 5.56 Å². The van der Waals surface area contributed by atoms with Crippen LogP contribution in [-0.4, -0.2) is 15.7 Å². The smallest absolute Gasteiger partial charge is 0.259 e. The Hall–Kier alpha value is -3.16. The van der Waals surface area contributed by atoms with E-state index in [0.717, 1.165) is 0 Å². The first-order valence-corrected chi connectivity index (χ1v) is 7.54. The molecule has 1 heterocycles. The van der Waals surface area contributed by atoms with Crippen molar-refractivity contribution in [1.82, 2.24) is 9.78 Å².